The summed E-state index contributed by atoms with van der Waals surface area (Å²) in [6.45, 7) is 0.861. The van der Waals surface area contributed by atoms with Gasteiger partial charge in [0.05, 0.1) is 6.54 Å². The number of rotatable bonds is 6. The Kier molecular flexibility index (Phi) is 4.52. The first-order valence-corrected chi connectivity index (χ1v) is 6.50. The molecule has 1 saturated carbocycles. The SMILES string of the molecule is CNC(=O)c1ccc(CNC(=O)CNC2CC2)cc1. The minimum absolute atomic E-state index is 0.00211. The molecule has 0 radical (unpaired) electrons. The lowest BCUT2D eigenvalue weighted by molar-refractivity contribution is -0.120. The number of carbonyl (C=O) groups excluding carboxylic acids is 2. The molecule has 0 aromatic heterocycles. The Hall–Kier alpha value is -1.88. The van der Waals surface area contributed by atoms with E-state index < -0.39 is 0 Å². The quantitative estimate of drug-likeness (QED) is 0.695. The first-order valence-electron chi connectivity index (χ1n) is 6.50. The molecule has 2 amide bonds. The monoisotopic (exact) mass is 261 g/mol. The minimum atomic E-state index is -0.107. The zero-order valence-corrected chi connectivity index (χ0v) is 11.0. The fourth-order valence-corrected chi connectivity index (χ4v) is 1.71. The van der Waals surface area contributed by atoms with Gasteiger partial charge in [0.25, 0.3) is 5.91 Å². The Morgan fingerprint density at radius 2 is 1.89 bits per heavy atom. The van der Waals surface area contributed by atoms with E-state index in [2.05, 4.69) is 16.0 Å². The van der Waals surface area contributed by atoms with Crippen molar-refractivity contribution in [3.63, 3.8) is 0 Å². The summed E-state index contributed by atoms with van der Waals surface area (Å²) in [5.74, 6) is -0.105. The van der Waals surface area contributed by atoms with Crippen LogP contribution in [0.4, 0.5) is 0 Å². The molecular formula is C14H19N3O2. The average molecular weight is 261 g/mol. The highest BCUT2D eigenvalue weighted by atomic mass is 16.2. The Bertz CT molecular complexity index is 452. The maximum atomic E-state index is 11.5. The predicted molar refractivity (Wildman–Crippen MR) is 72.7 cm³/mol. The standard InChI is InChI=1S/C14H19N3O2/c1-15-14(19)11-4-2-10(3-5-11)8-17-13(18)9-16-12-6-7-12/h2-5,12,16H,6-9H2,1H3,(H,15,19)(H,17,18). The third-order valence-corrected chi connectivity index (χ3v) is 3.06. The van der Waals surface area contributed by atoms with Crippen molar-refractivity contribution in [2.75, 3.05) is 13.6 Å². The van der Waals surface area contributed by atoms with E-state index in [4.69, 9.17) is 0 Å². The second-order valence-electron chi connectivity index (χ2n) is 4.71. The maximum Gasteiger partial charge on any atom is 0.251 e. The van der Waals surface area contributed by atoms with E-state index in [1.54, 1.807) is 19.2 Å². The lowest BCUT2D eigenvalue weighted by Gasteiger charge is -2.07. The first-order chi connectivity index (χ1) is 9.19. The molecule has 0 heterocycles. The van der Waals surface area contributed by atoms with Crippen LogP contribution in [0.3, 0.4) is 0 Å². The molecule has 2 rings (SSSR count). The second kappa shape index (κ2) is 6.33. The summed E-state index contributed by atoms with van der Waals surface area (Å²) >= 11 is 0. The number of nitrogens with one attached hydrogen (secondary N) is 3. The average Bonchev–Trinajstić information content (AvgIpc) is 3.26. The Morgan fingerprint density at radius 1 is 1.21 bits per heavy atom. The molecule has 0 aliphatic heterocycles. The van der Waals surface area contributed by atoms with Crippen LogP contribution >= 0.6 is 0 Å². The van der Waals surface area contributed by atoms with Crippen LogP contribution in [0.15, 0.2) is 24.3 Å². The molecule has 19 heavy (non-hydrogen) atoms. The molecule has 1 aliphatic rings. The van der Waals surface area contributed by atoms with E-state index in [1.807, 2.05) is 12.1 Å². The fraction of sp³-hybridized carbons (Fsp3) is 0.429. The molecule has 0 bridgehead atoms. The van der Waals surface area contributed by atoms with Crippen molar-refractivity contribution in [1.29, 1.82) is 0 Å². The zero-order chi connectivity index (χ0) is 13.7. The molecule has 0 spiro atoms. The molecule has 0 saturated heterocycles. The minimum Gasteiger partial charge on any atom is -0.355 e. The van der Waals surface area contributed by atoms with Gasteiger partial charge in [-0.05, 0) is 30.5 Å². The van der Waals surface area contributed by atoms with E-state index in [0.29, 0.717) is 24.7 Å². The highest BCUT2D eigenvalue weighted by molar-refractivity contribution is 5.93. The molecular weight excluding hydrogens is 242 g/mol. The van der Waals surface area contributed by atoms with Gasteiger partial charge in [-0.25, -0.2) is 0 Å². The van der Waals surface area contributed by atoms with Gasteiger partial charge in [-0.15, -0.1) is 0 Å². The Labute approximate surface area is 112 Å². The lowest BCUT2D eigenvalue weighted by Crippen LogP contribution is -2.34. The van der Waals surface area contributed by atoms with Crippen molar-refractivity contribution < 1.29 is 9.59 Å². The maximum absolute atomic E-state index is 11.5. The van der Waals surface area contributed by atoms with Crippen molar-refractivity contribution in [3.05, 3.63) is 35.4 Å². The predicted octanol–water partition coefficient (Wildman–Crippen LogP) is 0.414. The highest BCUT2D eigenvalue weighted by Crippen LogP contribution is 2.17. The number of amides is 2. The van der Waals surface area contributed by atoms with Crippen LogP contribution in [-0.2, 0) is 11.3 Å². The van der Waals surface area contributed by atoms with Crippen LogP contribution in [0.25, 0.3) is 0 Å². The lowest BCUT2D eigenvalue weighted by atomic mass is 10.1. The third kappa shape index (κ3) is 4.37. The van der Waals surface area contributed by atoms with Crippen molar-refractivity contribution >= 4 is 11.8 Å². The summed E-state index contributed by atoms with van der Waals surface area (Å²) in [5, 5.41) is 8.57. The highest BCUT2D eigenvalue weighted by Gasteiger charge is 2.20. The summed E-state index contributed by atoms with van der Waals surface area (Å²) in [5.41, 5.74) is 1.60. The molecule has 1 aliphatic carbocycles. The summed E-state index contributed by atoms with van der Waals surface area (Å²) in [7, 11) is 1.60. The Balaban J connectivity index is 1.75. The van der Waals surface area contributed by atoms with E-state index in [-0.39, 0.29) is 11.8 Å². The molecule has 0 unspecified atom stereocenters. The van der Waals surface area contributed by atoms with Gasteiger partial charge in [-0.1, -0.05) is 12.1 Å². The van der Waals surface area contributed by atoms with Gasteiger partial charge >= 0.3 is 0 Å². The zero-order valence-electron chi connectivity index (χ0n) is 11.0. The van der Waals surface area contributed by atoms with E-state index in [1.165, 1.54) is 12.8 Å². The van der Waals surface area contributed by atoms with Gasteiger partial charge in [-0.2, -0.15) is 0 Å². The van der Waals surface area contributed by atoms with E-state index in [9.17, 15) is 9.59 Å². The normalized spacial score (nSPS) is 13.9. The topological polar surface area (TPSA) is 70.2 Å². The van der Waals surface area contributed by atoms with Crippen LogP contribution in [0.2, 0.25) is 0 Å². The largest absolute Gasteiger partial charge is 0.355 e. The Morgan fingerprint density at radius 3 is 2.47 bits per heavy atom. The van der Waals surface area contributed by atoms with Gasteiger partial charge in [-0.3, -0.25) is 9.59 Å². The van der Waals surface area contributed by atoms with Gasteiger partial charge in [0, 0.05) is 25.2 Å². The van der Waals surface area contributed by atoms with Crippen molar-refractivity contribution in [3.8, 4) is 0 Å². The molecule has 0 atom stereocenters. The molecule has 102 valence electrons. The number of hydrogen-bond donors (Lipinski definition) is 3. The number of carbonyl (C=O) groups is 2. The molecule has 5 heteroatoms. The van der Waals surface area contributed by atoms with Crippen molar-refractivity contribution in [2.45, 2.75) is 25.4 Å². The molecule has 1 fully saturated rings. The van der Waals surface area contributed by atoms with Crippen molar-refractivity contribution in [1.82, 2.24) is 16.0 Å². The molecule has 1 aromatic rings. The summed E-state index contributed by atoms with van der Waals surface area (Å²) in [6.07, 6.45) is 2.35. The van der Waals surface area contributed by atoms with E-state index >= 15 is 0 Å². The molecule has 5 nitrogen and oxygen atoms in total. The third-order valence-electron chi connectivity index (χ3n) is 3.06. The first kappa shape index (κ1) is 13.5. The molecule has 1 aromatic carbocycles. The van der Waals surface area contributed by atoms with Gasteiger partial charge in [0.15, 0.2) is 0 Å². The van der Waals surface area contributed by atoms with Gasteiger partial charge in [0.2, 0.25) is 5.91 Å². The van der Waals surface area contributed by atoms with Gasteiger partial charge < -0.3 is 16.0 Å². The summed E-state index contributed by atoms with van der Waals surface area (Å²) in [6, 6.07) is 7.74. The van der Waals surface area contributed by atoms with Crippen LogP contribution in [0.1, 0.15) is 28.8 Å². The number of benzene rings is 1. The van der Waals surface area contributed by atoms with Crippen LogP contribution < -0.4 is 16.0 Å². The summed E-state index contributed by atoms with van der Waals surface area (Å²) < 4.78 is 0. The fourth-order valence-electron chi connectivity index (χ4n) is 1.71. The molecule has 3 N–H and O–H groups in total. The van der Waals surface area contributed by atoms with Crippen molar-refractivity contribution in [2.24, 2.45) is 0 Å². The van der Waals surface area contributed by atoms with E-state index in [0.717, 1.165) is 5.56 Å². The van der Waals surface area contributed by atoms with Crippen LogP contribution in [-0.4, -0.2) is 31.4 Å². The second-order valence-corrected chi connectivity index (χ2v) is 4.71. The summed E-state index contributed by atoms with van der Waals surface area (Å²) in [4.78, 5) is 22.9. The smallest absolute Gasteiger partial charge is 0.251 e. The number of hydrogen-bond acceptors (Lipinski definition) is 3. The van der Waals surface area contributed by atoms with Crippen LogP contribution in [0.5, 0.6) is 0 Å². The van der Waals surface area contributed by atoms with Gasteiger partial charge in [0.1, 0.15) is 0 Å². The van der Waals surface area contributed by atoms with Crippen LogP contribution in [0, 0.1) is 0 Å².